The van der Waals surface area contributed by atoms with Crippen molar-refractivity contribution in [2.24, 2.45) is 0 Å². The van der Waals surface area contributed by atoms with Crippen LogP contribution in [0.3, 0.4) is 0 Å². The number of amides is 1. The third-order valence-corrected chi connectivity index (χ3v) is 6.11. The van der Waals surface area contributed by atoms with Crippen molar-refractivity contribution in [1.82, 2.24) is 4.98 Å². The molecule has 0 saturated heterocycles. The van der Waals surface area contributed by atoms with E-state index >= 15 is 0 Å². The summed E-state index contributed by atoms with van der Waals surface area (Å²) in [5, 5.41) is 11.6. The lowest BCUT2D eigenvalue weighted by molar-refractivity contribution is 0.0997. The van der Waals surface area contributed by atoms with Crippen LogP contribution >= 0.6 is 0 Å². The summed E-state index contributed by atoms with van der Waals surface area (Å²) in [7, 11) is -2.77. The standard InChI is InChI=1S/C24H18N4O5S/c1-32-20-11-10-18(13-22(20)34(30,31)28-19-9-5-6-16(12-19)14-25)27-23(29)21-15-26-24(33-21)17-7-3-2-4-8-17/h2-13,15,28H,1H3,(H,27,29). The SMILES string of the molecule is COc1ccc(NC(=O)c2cnc(-c3ccccc3)o2)cc1S(=O)(=O)Nc1cccc(C#N)c1. The summed E-state index contributed by atoms with van der Waals surface area (Å²) in [4.78, 5) is 16.6. The quantitative estimate of drug-likeness (QED) is 0.408. The number of nitrogens with zero attached hydrogens (tertiary/aromatic N) is 2. The normalized spacial score (nSPS) is 10.8. The molecule has 3 aromatic carbocycles. The number of sulfonamides is 1. The molecule has 0 aliphatic heterocycles. The van der Waals surface area contributed by atoms with Crippen molar-refractivity contribution in [1.29, 1.82) is 5.26 Å². The highest BCUT2D eigenvalue weighted by Gasteiger charge is 2.22. The van der Waals surface area contributed by atoms with Crippen LogP contribution in [0, 0.1) is 11.3 Å². The van der Waals surface area contributed by atoms with Crippen molar-refractivity contribution in [3.63, 3.8) is 0 Å². The van der Waals surface area contributed by atoms with Crippen LogP contribution in [-0.4, -0.2) is 26.4 Å². The van der Waals surface area contributed by atoms with Gasteiger partial charge in [-0.1, -0.05) is 24.3 Å². The average Bonchev–Trinajstić information content (AvgIpc) is 3.35. The highest BCUT2D eigenvalue weighted by atomic mass is 32.2. The predicted octanol–water partition coefficient (Wildman–Crippen LogP) is 4.27. The zero-order valence-electron chi connectivity index (χ0n) is 17.8. The minimum atomic E-state index is -4.11. The highest BCUT2D eigenvalue weighted by Crippen LogP contribution is 2.29. The summed E-state index contributed by atoms with van der Waals surface area (Å²) in [6, 6.07) is 21.3. The predicted molar refractivity (Wildman–Crippen MR) is 125 cm³/mol. The molecule has 0 unspecified atom stereocenters. The first-order valence-electron chi connectivity index (χ1n) is 9.93. The third kappa shape index (κ3) is 4.90. The first-order valence-corrected chi connectivity index (χ1v) is 11.4. The first-order chi connectivity index (χ1) is 16.4. The van der Waals surface area contributed by atoms with Gasteiger partial charge in [-0.3, -0.25) is 9.52 Å². The number of aromatic nitrogens is 1. The zero-order valence-corrected chi connectivity index (χ0v) is 18.7. The van der Waals surface area contributed by atoms with Gasteiger partial charge < -0.3 is 14.5 Å². The van der Waals surface area contributed by atoms with Gasteiger partial charge in [0.2, 0.25) is 11.7 Å². The smallest absolute Gasteiger partial charge is 0.293 e. The van der Waals surface area contributed by atoms with Gasteiger partial charge in [0.25, 0.3) is 15.9 Å². The van der Waals surface area contributed by atoms with Crippen molar-refractivity contribution >= 4 is 27.3 Å². The van der Waals surface area contributed by atoms with Gasteiger partial charge in [0.1, 0.15) is 10.6 Å². The Bertz CT molecular complexity index is 1490. The molecule has 4 aromatic rings. The summed E-state index contributed by atoms with van der Waals surface area (Å²) in [6.07, 6.45) is 1.29. The van der Waals surface area contributed by atoms with Gasteiger partial charge in [0.05, 0.1) is 30.6 Å². The van der Waals surface area contributed by atoms with E-state index in [4.69, 9.17) is 14.4 Å². The van der Waals surface area contributed by atoms with Crippen LogP contribution in [0.25, 0.3) is 11.5 Å². The van der Waals surface area contributed by atoms with Gasteiger partial charge in [0.15, 0.2) is 0 Å². The molecule has 170 valence electrons. The van der Waals surface area contributed by atoms with E-state index in [0.717, 1.165) is 0 Å². The zero-order chi connectivity index (χ0) is 24.1. The summed E-state index contributed by atoms with van der Waals surface area (Å²) >= 11 is 0. The number of rotatable bonds is 7. The summed E-state index contributed by atoms with van der Waals surface area (Å²) < 4.78 is 39.2. The number of nitriles is 1. The van der Waals surface area contributed by atoms with Gasteiger partial charge in [-0.25, -0.2) is 13.4 Å². The Morgan fingerprint density at radius 3 is 2.56 bits per heavy atom. The number of hydrogen-bond donors (Lipinski definition) is 2. The van der Waals surface area contributed by atoms with Crippen LogP contribution in [0.15, 0.2) is 88.3 Å². The number of methoxy groups -OCH3 is 1. The molecular formula is C24H18N4O5S. The van der Waals surface area contributed by atoms with Crippen molar-refractivity contribution in [2.45, 2.75) is 4.90 Å². The van der Waals surface area contributed by atoms with E-state index in [1.807, 2.05) is 24.3 Å². The molecule has 0 fully saturated rings. The Morgan fingerprint density at radius 2 is 1.82 bits per heavy atom. The molecular weight excluding hydrogens is 456 g/mol. The Balaban J connectivity index is 1.58. The average molecular weight is 474 g/mol. The van der Waals surface area contributed by atoms with Crippen LogP contribution in [0.4, 0.5) is 11.4 Å². The summed E-state index contributed by atoms with van der Waals surface area (Å²) in [5.41, 5.74) is 1.43. The molecule has 2 N–H and O–H groups in total. The molecule has 4 rings (SSSR count). The maximum Gasteiger partial charge on any atom is 0.293 e. The molecule has 0 aliphatic carbocycles. The number of ether oxygens (including phenoxy) is 1. The van der Waals surface area contributed by atoms with Crippen LogP contribution in [0.5, 0.6) is 5.75 Å². The van der Waals surface area contributed by atoms with Crippen LogP contribution in [0.1, 0.15) is 16.1 Å². The Morgan fingerprint density at radius 1 is 1.03 bits per heavy atom. The number of carbonyl (C=O) groups excluding carboxylic acids is 1. The minimum absolute atomic E-state index is 0.0366. The van der Waals surface area contributed by atoms with Gasteiger partial charge in [-0.2, -0.15) is 5.26 Å². The maximum absolute atomic E-state index is 13.0. The van der Waals surface area contributed by atoms with Crippen LogP contribution in [-0.2, 0) is 10.0 Å². The van der Waals surface area contributed by atoms with E-state index in [9.17, 15) is 13.2 Å². The number of carbonyl (C=O) groups is 1. The molecule has 34 heavy (non-hydrogen) atoms. The number of hydrogen-bond acceptors (Lipinski definition) is 7. The molecule has 0 radical (unpaired) electrons. The topological polar surface area (TPSA) is 134 Å². The largest absolute Gasteiger partial charge is 0.495 e. The molecule has 0 saturated carbocycles. The lowest BCUT2D eigenvalue weighted by atomic mass is 10.2. The summed E-state index contributed by atoms with van der Waals surface area (Å²) in [6.45, 7) is 0. The second kappa shape index (κ2) is 9.48. The number of oxazole rings is 1. The van der Waals surface area contributed by atoms with Crippen molar-refractivity contribution in [3.05, 3.63) is 90.3 Å². The number of benzene rings is 3. The molecule has 9 nitrogen and oxygen atoms in total. The van der Waals surface area contributed by atoms with Gasteiger partial charge >= 0.3 is 0 Å². The van der Waals surface area contributed by atoms with E-state index in [1.54, 1.807) is 24.3 Å². The number of nitrogens with one attached hydrogen (secondary N) is 2. The molecule has 0 aliphatic rings. The van der Waals surface area contributed by atoms with Crippen LogP contribution < -0.4 is 14.8 Å². The fraction of sp³-hybridized carbons (Fsp3) is 0.0417. The van der Waals surface area contributed by atoms with Gasteiger partial charge in [-0.05, 0) is 48.5 Å². The molecule has 10 heteroatoms. The lowest BCUT2D eigenvalue weighted by Gasteiger charge is -2.13. The fourth-order valence-corrected chi connectivity index (χ4v) is 4.36. The Hall–Kier alpha value is -4.62. The van der Waals surface area contributed by atoms with Crippen molar-refractivity contribution < 1.29 is 22.4 Å². The third-order valence-electron chi connectivity index (χ3n) is 4.71. The van der Waals surface area contributed by atoms with E-state index in [0.29, 0.717) is 11.1 Å². The summed E-state index contributed by atoms with van der Waals surface area (Å²) in [5.74, 6) is -0.274. The number of anilines is 2. The molecule has 1 aromatic heterocycles. The van der Waals surface area contributed by atoms with E-state index < -0.39 is 15.9 Å². The molecule has 1 amide bonds. The van der Waals surface area contributed by atoms with Gasteiger partial charge in [0, 0.05) is 11.3 Å². The Kier molecular flexibility index (Phi) is 6.29. The molecule has 1 heterocycles. The maximum atomic E-state index is 13.0. The lowest BCUT2D eigenvalue weighted by Crippen LogP contribution is -2.16. The van der Waals surface area contributed by atoms with E-state index in [1.165, 1.54) is 43.6 Å². The van der Waals surface area contributed by atoms with Crippen LogP contribution in [0.2, 0.25) is 0 Å². The van der Waals surface area contributed by atoms with E-state index in [-0.39, 0.29) is 33.7 Å². The molecule has 0 bridgehead atoms. The van der Waals surface area contributed by atoms with Gasteiger partial charge in [-0.15, -0.1) is 0 Å². The molecule has 0 spiro atoms. The molecule has 0 atom stereocenters. The highest BCUT2D eigenvalue weighted by molar-refractivity contribution is 7.92. The van der Waals surface area contributed by atoms with Crippen molar-refractivity contribution in [2.75, 3.05) is 17.1 Å². The monoisotopic (exact) mass is 474 g/mol. The minimum Gasteiger partial charge on any atom is -0.495 e. The fourth-order valence-electron chi connectivity index (χ4n) is 3.11. The first kappa shape index (κ1) is 22.6. The second-order valence-electron chi connectivity index (χ2n) is 7.01. The van der Waals surface area contributed by atoms with E-state index in [2.05, 4.69) is 15.0 Å². The van der Waals surface area contributed by atoms with Crippen molar-refractivity contribution in [3.8, 4) is 23.3 Å². The Labute approximate surface area is 195 Å². The second-order valence-corrected chi connectivity index (χ2v) is 8.66.